The van der Waals surface area contributed by atoms with E-state index in [4.69, 9.17) is 4.74 Å². The number of ketones is 1. The molecule has 0 bridgehead atoms. The zero-order chi connectivity index (χ0) is 13.0. The molecule has 1 aromatic rings. The van der Waals surface area contributed by atoms with Crippen molar-refractivity contribution < 1.29 is 18.3 Å². The van der Waals surface area contributed by atoms with Gasteiger partial charge in [0.2, 0.25) is 0 Å². The van der Waals surface area contributed by atoms with Gasteiger partial charge in [-0.2, -0.15) is 0 Å². The Balaban J connectivity index is 1.83. The van der Waals surface area contributed by atoms with Crippen LogP contribution in [0.15, 0.2) is 18.2 Å². The summed E-state index contributed by atoms with van der Waals surface area (Å²) in [6.45, 7) is 0.799. The lowest BCUT2D eigenvalue weighted by Gasteiger charge is -2.08. The summed E-state index contributed by atoms with van der Waals surface area (Å²) in [5, 5.41) is 0. The molecule has 1 aliphatic heterocycles. The minimum atomic E-state index is -0.711. The van der Waals surface area contributed by atoms with Crippen LogP contribution in [0.5, 0.6) is 0 Å². The second-order valence-corrected chi connectivity index (χ2v) is 4.61. The molecule has 1 saturated heterocycles. The molecule has 18 heavy (non-hydrogen) atoms. The fourth-order valence-corrected chi connectivity index (χ4v) is 2.22. The Morgan fingerprint density at radius 2 is 2.00 bits per heavy atom. The van der Waals surface area contributed by atoms with Crippen LogP contribution in [0.3, 0.4) is 0 Å². The topological polar surface area (TPSA) is 26.3 Å². The van der Waals surface area contributed by atoms with E-state index in [1.807, 2.05) is 0 Å². The third kappa shape index (κ3) is 3.60. The Morgan fingerprint density at radius 3 is 2.61 bits per heavy atom. The van der Waals surface area contributed by atoms with Crippen molar-refractivity contribution in [2.24, 2.45) is 0 Å². The lowest BCUT2D eigenvalue weighted by Crippen LogP contribution is -2.07. The molecule has 4 heteroatoms. The van der Waals surface area contributed by atoms with E-state index in [2.05, 4.69) is 0 Å². The maximum absolute atomic E-state index is 12.9. The van der Waals surface area contributed by atoms with E-state index in [0.717, 1.165) is 44.1 Å². The van der Waals surface area contributed by atoms with Gasteiger partial charge >= 0.3 is 0 Å². The number of rotatable bonds is 5. The fourth-order valence-electron chi connectivity index (χ4n) is 2.22. The number of carbonyl (C=O) groups excluding carboxylic acids is 1. The highest BCUT2D eigenvalue weighted by Crippen LogP contribution is 2.19. The van der Waals surface area contributed by atoms with Gasteiger partial charge in [-0.15, -0.1) is 0 Å². The zero-order valence-electron chi connectivity index (χ0n) is 10.1. The van der Waals surface area contributed by atoms with Gasteiger partial charge in [0, 0.05) is 24.7 Å². The summed E-state index contributed by atoms with van der Waals surface area (Å²) in [5.41, 5.74) is 0.111. The van der Waals surface area contributed by atoms with Gasteiger partial charge < -0.3 is 4.74 Å². The summed E-state index contributed by atoms with van der Waals surface area (Å²) in [6.07, 6.45) is 4.21. The minimum Gasteiger partial charge on any atom is -0.378 e. The van der Waals surface area contributed by atoms with Crippen molar-refractivity contribution in [3.8, 4) is 0 Å². The van der Waals surface area contributed by atoms with Crippen LogP contribution in [0.4, 0.5) is 8.78 Å². The average Bonchev–Trinajstić information content (AvgIpc) is 2.80. The number of Topliss-reactive ketones (excluding diaryl/α,β-unsaturated/α-hetero) is 1. The van der Waals surface area contributed by atoms with Crippen molar-refractivity contribution in [2.45, 2.75) is 38.2 Å². The van der Waals surface area contributed by atoms with Crippen LogP contribution < -0.4 is 0 Å². The maximum atomic E-state index is 12.9. The molecule has 1 heterocycles. The molecule has 0 spiro atoms. The molecule has 1 aliphatic rings. The lowest BCUT2D eigenvalue weighted by molar-refractivity contribution is 0.0922. The number of halogens is 2. The first-order valence-corrected chi connectivity index (χ1v) is 6.26. The summed E-state index contributed by atoms with van der Waals surface area (Å²) < 4.78 is 31.3. The summed E-state index contributed by atoms with van der Waals surface area (Å²) in [4.78, 5) is 11.7. The molecular formula is C14H16F2O2. The van der Waals surface area contributed by atoms with Gasteiger partial charge in [0.15, 0.2) is 5.78 Å². The number of hydrogen-bond donors (Lipinski definition) is 0. The fraction of sp³-hybridized carbons (Fsp3) is 0.500. The highest BCUT2D eigenvalue weighted by Gasteiger charge is 2.16. The van der Waals surface area contributed by atoms with Crippen LogP contribution in [0.2, 0.25) is 0 Å². The van der Waals surface area contributed by atoms with Crippen molar-refractivity contribution in [2.75, 3.05) is 6.61 Å². The smallest absolute Gasteiger partial charge is 0.163 e. The van der Waals surface area contributed by atoms with E-state index in [0.29, 0.717) is 12.8 Å². The lowest BCUT2D eigenvalue weighted by atomic mass is 10.0. The van der Waals surface area contributed by atoms with E-state index < -0.39 is 11.6 Å². The Morgan fingerprint density at radius 1 is 1.28 bits per heavy atom. The van der Waals surface area contributed by atoms with Crippen molar-refractivity contribution >= 4 is 5.78 Å². The normalized spacial score (nSPS) is 19.1. The summed E-state index contributed by atoms with van der Waals surface area (Å²) >= 11 is 0. The predicted molar refractivity (Wildman–Crippen MR) is 63.5 cm³/mol. The van der Waals surface area contributed by atoms with Gasteiger partial charge in [-0.05, 0) is 37.8 Å². The third-order valence-electron chi connectivity index (χ3n) is 3.14. The minimum absolute atomic E-state index is 0.111. The van der Waals surface area contributed by atoms with Gasteiger partial charge in [-0.3, -0.25) is 4.79 Å². The summed E-state index contributed by atoms with van der Waals surface area (Å²) in [7, 11) is 0. The van der Waals surface area contributed by atoms with Crippen LogP contribution in [0, 0.1) is 11.6 Å². The molecule has 0 radical (unpaired) electrons. The first-order chi connectivity index (χ1) is 8.65. The third-order valence-corrected chi connectivity index (χ3v) is 3.14. The van der Waals surface area contributed by atoms with E-state index in [-0.39, 0.29) is 17.5 Å². The molecule has 1 fully saturated rings. The van der Waals surface area contributed by atoms with Crippen LogP contribution in [0.25, 0.3) is 0 Å². The van der Waals surface area contributed by atoms with E-state index in [1.54, 1.807) is 0 Å². The Labute approximate surface area is 105 Å². The first-order valence-electron chi connectivity index (χ1n) is 6.26. The second-order valence-electron chi connectivity index (χ2n) is 4.61. The van der Waals surface area contributed by atoms with Gasteiger partial charge in [0.1, 0.15) is 11.6 Å². The van der Waals surface area contributed by atoms with Crippen molar-refractivity contribution in [1.82, 2.24) is 0 Å². The average molecular weight is 254 g/mol. The standard InChI is InChI=1S/C14H16F2O2/c15-11-7-10(8-12(16)9-11)14(17)5-1-3-13-4-2-6-18-13/h7-9,13H,1-6H2. The summed E-state index contributed by atoms with van der Waals surface area (Å²) in [6, 6.07) is 2.93. The molecule has 2 rings (SSSR count). The maximum Gasteiger partial charge on any atom is 0.163 e. The van der Waals surface area contributed by atoms with Crippen LogP contribution >= 0.6 is 0 Å². The molecule has 98 valence electrons. The molecule has 1 atom stereocenters. The largest absolute Gasteiger partial charge is 0.378 e. The van der Waals surface area contributed by atoms with Crippen molar-refractivity contribution in [3.05, 3.63) is 35.4 Å². The van der Waals surface area contributed by atoms with Gasteiger partial charge in [0.05, 0.1) is 6.10 Å². The van der Waals surface area contributed by atoms with E-state index in [1.165, 1.54) is 0 Å². The van der Waals surface area contributed by atoms with Crippen molar-refractivity contribution in [1.29, 1.82) is 0 Å². The number of carbonyl (C=O) groups is 1. The van der Waals surface area contributed by atoms with Crippen molar-refractivity contribution in [3.63, 3.8) is 0 Å². The SMILES string of the molecule is O=C(CCCC1CCCO1)c1cc(F)cc(F)c1. The summed E-state index contributed by atoms with van der Waals surface area (Å²) in [5.74, 6) is -1.64. The Hall–Kier alpha value is -1.29. The number of hydrogen-bond acceptors (Lipinski definition) is 2. The molecule has 0 aliphatic carbocycles. The predicted octanol–water partition coefficient (Wildman–Crippen LogP) is 3.50. The quantitative estimate of drug-likeness (QED) is 0.752. The zero-order valence-corrected chi connectivity index (χ0v) is 10.1. The second kappa shape index (κ2) is 6.05. The number of ether oxygens (including phenoxy) is 1. The highest BCUT2D eigenvalue weighted by molar-refractivity contribution is 5.96. The highest BCUT2D eigenvalue weighted by atomic mass is 19.1. The Kier molecular flexibility index (Phi) is 4.42. The van der Waals surface area contributed by atoms with Crippen LogP contribution in [-0.2, 0) is 4.74 Å². The van der Waals surface area contributed by atoms with Crippen LogP contribution in [-0.4, -0.2) is 18.5 Å². The van der Waals surface area contributed by atoms with E-state index >= 15 is 0 Å². The molecule has 1 unspecified atom stereocenters. The van der Waals surface area contributed by atoms with Crippen LogP contribution in [0.1, 0.15) is 42.5 Å². The van der Waals surface area contributed by atoms with Gasteiger partial charge in [0.25, 0.3) is 0 Å². The molecular weight excluding hydrogens is 238 g/mol. The molecule has 0 aromatic heterocycles. The molecule has 0 N–H and O–H groups in total. The number of benzene rings is 1. The van der Waals surface area contributed by atoms with E-state index in [9.17, 15) is 13.6 Å². The first kappa shape index (κ1) is 13.1. The van der Waals surface area contributed by atoms with Gasteiger partial charge in [-0.25, -0.2) is 8.78 Å². The monoisotopic (exact) mass is 254 g/mol. The molecule has 1 aromatic carbocycles. The van der Waals surface area contributed by atoms with Gasteiger partial charge in [-0.1, -0.05) is 0 Å². The molecule has 0 saturated carbocycles. The Bertz CT molecular complexity index is 406. The molecule has 0 amide bonds. The molecule has 2 nitrogen and oxygen atoms in total.